The van der Waals surface area contributed by atoms with Gasteiger partial charge in [-0.05, 0) is 42.5 Å². The minimum Gasteiger partial charge on any atom is -0.497 e. The molecular formula is C23H19F2N5O2S2. The van der Waals surface area contributed by atoms with Gasteiger partial charge < -0.3 is 10.1 Å². The predicted molar refractivity (Wildman–Crippen MR) is 129 cm³/mol. The highest BCUT2D eigenvalue weighted by molar-refractivity contribution is 7.99. The highest BCUT2D eigenvalue weighted by atomic mass is 32.2. The summed E-state index contributed by atoms with van der Waals surface area (Å²) in [4.78, 5) is 16.8. The zero-order valence-corrected chi connectivity index (χ0v) is 19.6. The molecule has 4 rings (SSSR count). The normalized spacial score (nSPS) is 10.8. The number of benzene rings is 2. The Hall–Kier alpha value is -3.57. The summed E-state index contributed by atoms with van der Waals surface area (Å²) in [6, 6.07) is 11.0. The number of carbonyl (C=O) groups excluding carboxylic acids is 1. The van der Waals surface area contributed by atoms with E-state index in [0.29, 0.717) is 33.9 Å². The third-order valence-electron chi connectivity index (χ3n) is 4.67. The monoisotopic (exact) mass is 499 g/mol. The van der Waals surface area contributed by atoms with Crippen LogP contribution in [0.4, 0.5) is 13.9 Å². The van der Waals surface area contributed by atoms with E-state index in [1.54, 1.807) is 18.6 Å². The van der Waals surface area contributed by atoms with Crippen LogP contribution in [0.15, 0.2) is 65.7 Å². The van der Waals surface area contributed by atoms with Gasteiger partial charge in [0.1, 0.15) is 5.75 Å². The van der Waals surface area contributed by atoms with Crippen molar-refractivity contribution in [2.45, 2.75) is 11.7 Å². The van der Waals surface area contributed by atoms with E-state index in [-0.39, 0.29) is 11.7 Å². The number of ether oxygens (including phenoxy) is 1. The second-order valence-corrected chi connectivity index (χ2v) is 8.74. The molecule has 2 heterocycles. The summed E-state index contributed by atoms with van der Waals surface area (Å²) >= 11 is 2.43. The summed E-state index contributed by atoms with van der Waals surface area (Å²) < 4.78 is 33.7. The Morgan fingerprint density at radius 2 is 1.94 bits per heavy atom. The summed E-state index contributed by atoms with van der Waals surface area (Å²) in [6.07, 6.45) is 1.73. The van der Waals surface area contributed by atoms with Gasteiger partial charge in [0.05, 0.1) is 18.6 Å². The van der Waals surface area contributed by atoms with Gasteiger partial charge in [-0.25, -0.2) is 13.8 Å². The number of rotatable bonds is 9. The van der Waals surface area contributed by atoms with Crippen LogP contribution >= 0.6 is 23.1 Å². The van der Waals surface area contributed by atoms with Gasteiger partial charge in [-0.2, -0.15) is 0 Å². The summed E-state index contributed by atoms with van der Waals surface area (Å²) in [7, 11) is 1.60. The van der Waals surface area contributed by atoms with Crippen LogP contribution in [0.5, 0.6) is 5.75 Å². The number of methoxy groups -OCH3 is 1. The summed E-state index contributed by atoms with van der Waals surface area (Å²) in [5.74, 6) is -0.691. The maximum Gasteiger partial charge on any atom is 0.236 e. The van der Waals surface area contributed by atoms with E-state index in [1.807, 2.05) is 28.8 Å². The van der Waals surface area contributed by atoms with E-state index in [0.717, 1.165) is 23.4 Å². The minimum absolute atomic E-state index is 0.0813. The first kappa shape index (κ1) is 23.6. The number of nitrogens with one attached hydrogen (secondary N) is 1. The quantitative estimate of drug-likeness (QED) is 0.250. The molecule has 0 aliphatic heterocycles. The molecule has 0 atom stereocenters. The fraction of sp³-hybridized carbons (Fsp3) is 0.130. The Morgan fingerprint density at radius 3 is 2.65 bits per heavy atom. The first-order valence-electron chi connectivity index (χ1n) is 10.0. The van der Waals surface area contributed by atoms with Crippen LogP contribution in [-0.2, 0) is 11.3 Å². The lowest BCUT2D eigenvalue weighted by Gasteiger charge is -2.08. The fourth-order valence-electron chi connectivity index (χ4n) is 3.05. The molecule has 0 aliphatic carbocycles. The first-order valence-corrected chi connectivity index (χ1v) is 11.9. The van der Waals surface area contributed by atoms with Crippen LogP contribution in [0.2, 0.25) is 0 Å². The topological polar surface area (TPSA) is 81.9 Å². The predicted octanol–water partition coefficient (Wildman–Crippen LogP) is 5.27. The van der Waals surface area contributed by atoms with Crippen molar-refractivity contribution in [1.29, 1.82) is 0 Å². The van der Waals surface area contributed by atoms with Crippen molar-refractivity contribution >= 4 is 34.1 Å². The van der Waals surface area contributed by atoms with E-state index in [9.17, 15) is 13.6 Å². The molecule has 2 aromatic heterocycles. The lowest BCUT2D eigenvalue weighted by atomic mass is 10.2. The molecule has 4 aromatic rings. The van der Waals surface area contributed by atoms with E-state index in [1.165, 1.54) is 29.2 Å². The van der Waals surface area contributed by atoms with Crippen molar-refractivity contribution < 1.29 is 18.3 Å². The molecule has 174 valence electrons. The van der Waals surface area contributed by atoms with Gasteiger partial charge in [0.2, 0.25) is 5.91 Å². The molecule has 0 saturated carbocycles. The van der Waals surface area contributed by atoms with Gasteiger partial charge in [-0.3, -0.25) is 9.36 Å². The van der Waals surface area contributed by atoms with Crippen molar-refractivity contribution in [3.63, 3.8) is 0 Å². The maximum atomic E-state index is 13.5. The van der Waals surface area contributed by atoms with E-state index in [4.69, 9.17) is 4.74 Å². The summed E-state index contributed by atoms with van der Waals surface area (Å²) in [5.41, 5.74) is 1.73. The Balaban J connectivity index is 1.42. The maximum absolute atomic E-state index is 13.5. The average Bonchev–Trinajstić information content (AvgIpc) is 3.47. The van der Waals surface area contributed by atoms with Crippen molar-refractivity contribution in [3.8, 4) is 28.4 Å². The molecule has 1 amide bonds. The summed E-state index contributed by atoms with van der Waals surface area (Å²) in [6.45, 7) is 4.27. The summed E-state index contributed by atoms with van der Waals surface area (Å²) in [5, 5.41) is 13.8. The van der Waals surface area contributed by atoms with Crippen LogP contribution < -0.4 is 10.1 Å². The van der Waals surface area contributed by atoms with Gasteiger partial charge >= 0.3 is 0 Å². The Labute approximate surface area is 202 Å². The average molecular weight is 500 g/mol. The minimum atomic E-state index is -0.954. The van der Waals surface area contributed by atoms with Crippen LogP contribution in [0.3, 0.4) is 0 Å². The van der Waals surface area contributed by atoms with Crippen molar-refractivity contribution in [2.24, 2.45) is 0 Å². The van der Waals surface area contributed by atoms with Crippen LogP contribution in [0.1, 0.15) is 0 Å². The van der Waals surface area contributed by atoms with Gasteiger partial charge in [-0.15, -0.1) is 28.1 Å². The van der Waals surface area contributed by atoms with Crippen LogP contribution in [0.25, 0.3) is 22.6 Å². The van der Waals surface area contributed by atoms with Gasteiger partial charge in [0.15, 0.2) is 27.7 Å². The molecule has 0 radical (unpaired) electrons. The number of thioether (sulfide) groups is 1. The first-order chi connectivity index (χ1) is 16.5. The molecule has 0 unspecified atom stereocenters. The molecule has 2 aromatic carbocycles. The fourth-order valence-corrected chi connectivity index (χ4v) is 4.53. The molecule has 34 heavy (non-hydrogen) atoms. The highest BCUT2D eigenvalue weighted by Crippen LogP contribution is 2.28. The number of amides is 1. The molecule has 0 saturated heterocycles. The Morgan fingerprint density at radius 1 is 1.18 bits per heavy atom. The molecule has 0 fully saturated rings. The molecule has 0 bridgehead atoms. The number of hydrogen-bond acceptors (Lipinski definition) is 7. The SMILES string of the molecule is C=CCn1c(SCC(=O)Nc2nc(-c3ccc(F)c(F)c3)cs2)nnc1-c1ccc(OC)cc1. The number of halogens is 2. The Bertz CT molecular complexity index is 1320. The number of nitrogens with zero attached hydrogens (tertiary/aromatic N) is 4. The lowest BCUT2D eigenvalue weighted by Crippen LogP contribution is -2.14. The third-order valence-corrected chi connectivity index (χ3v) is 6.40. The number of aromatic nitrogens is 4. The zero-order chi connectivity index (χ0) is 24.1. The second-order valence-electron chi connectivity index (χ2n) is 6.94. The Kier molecular flexibility index (Phi) is 7.33. The van der Waals surface area contributed by atoms with E-state index >= 15 is 0 Å². The van der Waals surface area contributed by atoms with Crippen molar-refractivity contribution in [3.05, 3.63) is 72.1 Å². The van der Waals surface area contributed by atoms with Crippen LogP contribution in [0, 0.1) is 11.6 Å². The number of anilines is 1. The van der Waals surface area contributed by atoms with Gasteiger partial charge in [0.25, 0.3) is 0 Å². The van der Waals surface area contributed by atoms with Gasteiger partial charge in [0, 0.05) is 23.1 Å². The standard InChI is InChI=1S/C23H19F2N5O2S2/c1-3-10-30-21(14-4-7-16(32-2)8-5-14)28-29-23(30)34-13-20(31)27-22-26-19(12-33-22)15-6-9-17(24)18(25)11-15/h3-9,11-12H,1,10,13H2,2H3,(H,26,27,31). The molecular weight excluding hydrogens is 480 g/mol. The largest absolute Gasteiger partial charge is 0.497 e. The molecule has 11 heteroatoms. The van der Waals surface area contributed by atoms with Crippen molar-refractivity contribution in [2.75, 3.05) is 18.2 Å². The number of hydrogen-bond donors (Lipinski definition) is 1. The van der Waals surface area contributed by atoms with E-state index in [2.05, 4.69) is 27.1 Å². The second kappa shape index (κ2) is 10.6. The lowest BCUT2D eigenvalue weighted by molar-refractivity contribution is -0.113. The molecule has 0 spiro atoms. The smallest absolute Gasteiger partial charge is 0.236 e. The highest BCUT2D eigenvalue weighted by Gasteiger charge is 2.16. The number of allylic oxidation sites excluding steroid dienone is 1. The molecule has 1 N–H and O–H groups in total. The van der Waals surface area contributed by atoms with Crippen LogP contribution in [-0.4, -0.2) is 38.5 Å². The van der Waals surface area contributed by atoms with Gasteiger partial charge in [-0.1, -0.05) is 17.8 Å². The van der Waals surface area contributed by atoms with E-state index < -0.39 is 11.6 Å². The number of thiazole rings is 1. The molecule has 7 nitrogen and oxygen atoms in total. The number of carbonyl (C=O) groups is 1. The van der Waals surface area contributed by atoms with Crippen molar-refractivity contribution in [1.82, 2.24) is 19.7 Å². The third kappa shape index (κ3) is 5.32. The molecule has 0 aliphatic rings. The zero-order valence-electron chi connectivity index (χ0n) is 18.0.